The van der Waals surface area contributed by atoms with Crippen LogP contribution in [0.3, 0.4) is 0 Å². The third kappa shape index (κ3) is 5.00. The van der Waals surface area contributed by atoms with Crippen LogP contribution in [-0.2, 0) is 6.54 Å². The molecule has 1 saturated carbocycles. The molecule has 0 unspecified atom stereocenters. The van der Waals surface area contributed by atoms with Gasteiger partial charge in [0.25, 0.3) is 5.88 Å². The van der Waals surface area contributed by atoms with Gasteiger partial charge in [-0.3, -0.25) is 4.90 Å². The minimum Gasteiger partial charge on any atom is -0.489 e. The molecule has 2 aliphatic rings. The molecule has 1 aromatic heterocycles. The molecule has 8 nitrogen and oxygen atoms in total. The van der Waals surface area contributed by atoms with Gasteiger partial charge in [0.1, 0.15) is 11.9 Å². The Morgan fingerprint density at radius 1 is 1.34 bits per heavy atom. The van der Waals surface area contributed by atoms with Gasteiger partial charge in [-0.25, -0.2) is 9.42 Å². The zero-order valence-corrected chi connectivity index (χ0v) is 17.2. The summed E-state index contributed by atoms with van der Waals surface area (Å²) in [6.07, 6.45) is 5.14. The summed E-state index contributed by atoms with van der Waals surface area (Å²) in [5, 5.41) is 7.58. The second kappa shape index (κ2) is 9.00. The third-order valence-corrected chi connectivity index (χ3v) is 5.93. The summed E-state index contributed by atoms with van der Waals surface area (Å²) >= 11 is 6.60. The number of hydrogen-bond acceptors (Lipinski definition) is 7. The van der Waals surface area contributed by atoms with Crippen molar-refractivity contribution in [1.29, 1.82) is 0 Å². The predicted molar refractivity (Wildman–Crippen MR) is 106 cm³/mol. The molecular formula is C20H25ClN4O4. The second-order valence-electron chi connectivity index (χ2n) is 7.78. The Morgan fingerprint density at radius 2 is 2.14 bits per heavy atom. The SMILES string of the molecule is CN(CC1CC(Oc2cccc(CN3CCCC3)c2Cl)C1)C(=O)Oc1cnon1. The van der Waals surface area contributed by atoms with E-state index in [1.165, 1.54) is 23.9 Å². The van der Waals surface area contributed by atoms with Crippen LogP contribution in [0.4, 0.5) is 4.79 Å². The van der Waals surface area contributed by atoms with Gasteiger partial charge in [0.15, 0.2) is 0 Å². The molecule has 1 amide bonds. The lowest BCUT2D eigenvalue weighted by Gasteiger charge is -2.37. The van der Waals surface area contributed by atoms with Crippen LogP contribution in [0.1, 0.15) is 31.2 Å². The number of halogens is 1. The van der Waals surface area contributed by atoms with E-state index in [4.69, 9.17) is 21.1 Å². The van der Waals surface area contributed by atoms with Crippen molar-refractivity contribution in [1.82, 2.24) is 20.1 Å². The number of carbonyl (C=O) groups excluding carboxylic acids is 1. The molecule has 29 heavy (non-hydrogen) atoms. The summed E-state index contributed by atoms with van der Waals surface area (Å²) in [4.78, 5) is 16.0. The third-order valence-electron chi connectivity index (χ3n) is 5.50. The molecule has 0 spiro atoms. The van der Waals surface area contributed by atoms with Gasteiger partial charge in [-0.1, -0.05) is 28.9 Å². The van der Waals surface area contributed by atoms with Crippen molar-refractivity contribution >= 4 is 17.7 Å². The Labute approximate surface area is 174 Å². The molecule has 0 N–H and O–H groups in total. The first-order valence-electron chi connectivity index (χ1n) is 9.95. The molecular weight excluding hydrogens is 396 g/mol. The Morgan fingerprint density at radius 3 is 2.86 bits per heavy atom. The van der Waals surface area contributed by atoms with Crippen LogP contribution in [0.25, 0.3) is 0 Å². The summed E-state index contributed by atoms with van der Waals surface area (Å²) in [6, 6.07) is 6.01. The van der Waals surface area contributed by atoms with Crippen LogP contribution in [0.2, 0.25) is 5.02 Å². The Bertz CT molecular complexity index is 820. The van der Waals surface area contributed by atoms with E-state index >= 15 is 0 Å². The summed E-state index contributed by atoms with van der Waals surface area (Å²) in [7, 11) is 1.70. The van der Waals surface area contributed by atoms with Crippen LogP contribution in [0.15, 0.2) is 29.0 Å². The van der Waals surface area contributed by atoms with Crippen LogP contribution in [-0.4, -0.2) is 59.0 Å². The first-order chi connectivity index (χ1) is 14.1. The summed E-state index contributed by atoms with van der Waals surface area (Å²) in [5.74, 6) is 1.16. The van der Waals surface area contributed by atoms with Gasteiger partial charge in [0.2, 0.25) is 0 Å². The highest BCUT2D eigenvalue weighted by Gasteiger charge is 2.33. The molecule has 9 heteroatoms. The van der Waals surface area contributed by atoms with Crippen molar-refractivity contribution in [2.75, 3.05) is 26.7 Å². The molecule has 0 bridgehead atoms. The van der Waals surface area contributed by atoms with Crippen molar-refractivity contribution in [2.24, 2.45) is 5.92 Å². The Hall–Kier alpha value is -2.32. The average Bonchev–Trinajstić information content (AvgIpc) is 3.37. The second-order valence-corrected chi connectivity index (χ2v) is 8.16. The van der Waals surface area contributed by atoms with Gasteiger partial charge in [-0.2, -0.15) is 0 Å². The monoisotopic (exact) mass is 420 g/mol. The van der Waals surface area contributed by atoms with Crippen molar-refractivity contribution in [3.8, 4) is 11.6 Å². The van der Waals surface area contributed by atoms with E-state index in [2.05, 4.69) is 25.9 Å². The number of rotatable bonds is 7. The maximum Gasteiger partial charge on any atom is 0.416 e. The number of nitrogens with zero attached hydrogens (tertiary/aromatic N) is 4. The highest BCUT2D eigenvalue weighted by Crippen LogP contribution is 2.36. The van der Waals surface area contributed by atoms with E-state index in [0.29, 0.717) is 17.5 Å². The predicted octanol–water partition coefficient (Wildman–Crippen LogP) is 3.61. The topological polar surface area (TPSA) is 80.9 Å². The molecule has 4 rings (SSSR count). The van der Waals surface area contributed by atoms with Gasteiger partial charge in [-0.05, 0) is 61.5 Å². The van der Waals surface area contributed by atoms with Crippen molar-refractivity contribution in [2.45, 2.75) is 38.3 Å². The fraction of sp³-hybridized carbons (Fsp3) is 0.550. The van der Waals surface area contributed by atoms with Crippen molar-refractivity contribution in [3.05, 3.63) is 35.0 Å². The quantitative estimate of drug-likeness (QED) is 0.676. The minimum absolute atomic E-state index is 0.0557. The van der Waals surface area contributed by atoms with E-state index in [1.807, 2.05) is 12.1 Å². The summed E-state index contributed by atoms with van der Waals surface area (Å²) in [6.45, 7) is 3.73. The van der Waals surface area contributed by atoms with Gasteiger partial charge in [-0.15, -0.1) is 0 Å². The molecule has 1 aliphatic carbocycles. The molecule has 1 aliphatic heterocycles. The van der Waals surface area contributed by atoms with Crippen LogP contribution < -0.4 is 9.47 Å². The van der Waals surface area contributed by atoms with Gasteiger partial charge in [0.05, 0.1) is 11.1 Å². The van der Waals surface area contributed by atoms with E-state index in [0.717, 1.165) is 43.8 Å². The van der Waals surface area contributed by atoms with Crippen LogP contribution in [0.5, 0.6) is 11.6 Å². The van der Waals surface area contributed by atoms with E-state index in [1.54, 1.807) is 7.05 Å². The standard InChI is InChI=1S/C20H25ClN4O4/c1-24(20(26)28-18-11-22-29-23-18)12-14-9-16(10-14)27-17-6-4-5-15(19(17)21)13-25-7-2-3-8-25/h4-6,11,14,16H,2-3,7-10,12-13H2,1H3. The summed E-state index contributed by atoms with van der Waals surface area (Å²) < 4.78 is 15.6. The van der Waals surface area contributed by atoms with E-state index in [-0.39, 0.29) is 12.0 Å². The maximum atomic E-state index is 12.0. The number of benzene rings is 1. The Balaban J connectivity index is 1.23. The zero-order chi connectivity index (χ0) is 20.2. The molecule has 2 aromatic rings. The first kappa shape index (κ1) is 20.0. The molecule has 1 saturated heterocycles. The maximum absolute atomic E-state index is 12.0. The number of amides is 1. The number of ether oxygens (including phenoxy) is 2. The van der Waals surface area contributed by atoms with Gasteiger partial charge in [0, 0.05) is 20.1 Å². The fourth-order valence-electron chi connectivity index (χ4n) is 3.88. The largest absolute Gasteiger partial charge is 0.489 e. The minimum atomic E-state index is -0.484. The average molecular weight is 421 g/mol. The number of aromatic nitrogens is 2. The lowest BCUT2D eigenvalue weighted by Crippen LogP contribution is -2.42. The lowest BCUT2D eigenvalue weighted by molar-refractivity contribution is 0.0481. The number of carbonyl (C=O) groups is 1. The molecule has 0 atom stereocenters. The van der Waals surface area contributed by atoms with Crippen LogP contribution >= 0.6 is 11.6 Å². The summed E-state index contributed by atoms with van der Waals surface area (Å²) in [5.41, 5.74) is 1.12. The molecule has 1 aromatic carbocycles. The van der Waals surface area contributed by atoms with Gasteiger partial charge < -0.3 is 14.4 Å². The van der Waals surface area contributed by atoms with Gasteiger partial charge >= 0.3 is 6.09 Å². The highest BCUT2D eigenvalue weighted by atomic mass is 35.5. The highest BCUT2D eigenvalue weighted by molar-refractivity contribution is 6.32. The molecule has 156 valence electrons. The lowest BCUT2D eigenvalue weighted by atomic mass is 9.82. The van der Waals surface area contributed by atoms with E-state index < -0.39 is 6.09 Å². The van der Waals surface area contributed by atoms with E-state index in [9.17, 15) is 4.79 Å². The molecule has 0 radical (unpaired) electrons. The number of likely N-dealkylation sites (tertiary alicyclic amines) is 1. The number of hydrogen-bond donors (Lipinski definition) is 0. The fourth-order valence-corrected chi connectivity index (χ4v) is 4.11. The zero-order valence-electron chi connectivity index (χ0n) is 16.4. The smallest absolute Gasteiger partial charge is 0.416 e. The van der Waals surface area contributed by atoms with Crippen molar-refractivity contribution in [3.63, 3.8) is 0 Å². The molecule has 2 heterocycles. The van der Waals surface area contributed by atoms with Crippen LogP contribution in [0, 0.1) is 5.92 Å². The molecule has 2 fully saturated rings. The Kier molecular flexibility index (Phi) is 6.20. The normalized spacial score (nSPS) is 21.6. The van der Waals surface area contributed by atoms with Crippen molar-refractivity contribution < 1.29 is 18.9 Å². The first-order valence-corrected chi connectivity index (χ1v) is 10.3.